The fourth-order valence-electron chi connectivity index (χ4n) is 2.18. The first-order chi connectivity index (χ1) is 6.27. The lowest BCUT2D eigenvalue weighted by Crippen LogP contribution is -2.20. The molecule has 0 spiro atoms. The molecule has 0 N–H and O–H groups in total. The van der Waals surface area contributed by atoms with Crippen LogP contribution in [0.25, 0.3) is 0 Å². The second kappa shape index (κ2) is 3.69. The number of nitrogens with zero attached hydrogens (tertiary/aromatic N) is 1. The van der Waals surface area contributed by atoms with Crippen LogP contribution >= 0.6 is 0 Å². The summed E-state index contributed by atoms with van der Waals surface area (Å²) < 4.78 is 5.76. The summed E-state index contributed by atoms with van der Waals surface area (Å²) in [6, 6.07) is 0.372. The van der Waals surface area contributed by atoms with E-state index in [1.165, 1.54) is 32.1 Å². The van der Waals surface area contributed by atoms with Gasteiger partial charge in [-0.1, -0.05) is 19.3 Å². The molecule has 2 atom stereocenters. The van der Waals surface area contributed by atoms with Crippen LogP contribution in [0.3, 0.4) is 0 Å². The summed E-state index contributed by atoms with van der Waals surface area (Å²) in [6.07, 6.45) is 6.99. The molecule has 0 aromatic rings. The largest absolute Gasteiger partial charge is 0.476 e. The Labute approximate surface area is 80.4 Å². The molecule has 1 aliphatic heterocycles. The van der Waals surface area contributed by atoms with Crippen LogP contribution in [0.4, 0.5) is 0 Å². The molecule has 2 unspecified atom stereocenters. The second-order valence-corrected chi connectivity index (χ2v) is 4.37. The van der Waals surface area contributed by atoms with Crippen LogP contribution in [0.1, 0.15) is 46.0 Å². The Balaban J connectivity index is 1.97. The zero-order valence-electron chi connectivity index (χ0n) is 8.62. The minimum atomic E-state index is 0.303. The monoisotopic (exact) mass is 181 g/mol. The van der Waals surface area contributed by atoms with Gasteiger partial charge in [-0.25, -0.2) is 4.99 Å². The van der Waals surface area contributed by atoms with Gasteiger partial charge in [-0.3, -0.25) is 0 Å². The summed E-state index contributed by atoms with van der Waals surface area (Å²) in [6.45, 7) is 4.25. The summed E-state index contributed by atoms with van der Waals surface area (Å²) in [5, 5.41) is 0. The Kier molecular flexibility index (Phi) is 2.56. The Morgan fingerprint density at radius 2 is 1.85 bits per heavy atom. The molecule has 0 saturated heterocycles. The van der Waals surface area contributed by atoms with Gasteiger partial charge in [0.1, 0.15) is 6.10 Å². The molecule has 2 rings (SSSR count). The molecular formula is C11H19NO. The average Bonchev–Trinajstić information content (AvgIpc) is 2.49. The summed E-state index contributed by atoms with van der Waals surface area (Å²) in [5.41, 5.74) is 0. The second-order valence-electron chi connectivity index (χ2n) is 4.37. The first-order valence-electron chi connectivity index (χ1n) is 5.51. The van der Waals surface area contributed by atoms with E-state index in [1.54, 1.807) is 0 Å². The van der Waals surface area contributed by atoms with E-state index >= 15 is 0 Å². The van der Waals surface area contributed by atoms with Crippen molar-refractivity contribution in [3.8, 4) is 0 Å². The van der Waals surface area contributed by atoms with Crippen molar-refractivity contribution >= 4 is 5.90 Å². The van der Waals surface area contributed by atoms with Crippen molar-refractivity contribution in [1.29, 1.82) is 0 Å². The van der Waals surface area contributed by atoms with Gasteiger partial charge in [-0.05, 0) is 26.7 Å². The fraction of sp³-hybridized carbons (Fsp3) is 0.909. The lowest BCUT2D eigenvalue weighted by atomic mass is 9.89. The molecule has 0 bridgehead atoms. The van der Waals surface area contributed by atoms with Gasteiger partial charge in [0.25, 0.3) is 0 Å². The molecule has 2 heteroatoms. The highest BCUT2D eigenvalue weighted by molar-refractivity contribution is 5.80. The van der Waals surface area contributed by atoms with Gasteiger partial charge in [-0.2, -0.15) is 0 Å². The minimum Gasteiger partial charge on any atom is -0.476 e. The Hall–Kier alpha value is -0.530. The molecule has 1 saturated carbocycles. The minimum absolute atomic E-state index is 0.303. The maximum atomic E-state index is 5.76. The van der Waals surface area contributed by atoms with E-state index in [1.807, 2.05) is 0 Å². The highest BCUT2D eigenvalue weighted by atomic mass is 16.5. The van der Waals surface area contributed by atoms with Gasteiger partial charge in [0, 0.05) is 5.92 Å². The van der Waals surface area contributed by atoms with E-state index in [0.717, 1.165) is 5.90 Å². The van der Waals surface area contributed by atoms with Crippen molar-refractivity contribution in [3.05, 3.63) is 0 Å². The van der Waals surface area contributed by atoms with Crippen LogP contribution < -0.4 is 0 Å². The topological polar surface area (TPSA) is 21.6 Å². The van der Waals surface area contributed by atoms with Crippen LogP contribution in [-0.2, 0) is 4.74 Å². The van der Waals surface area contributed by atoms with Gasteiger partial charge < -0.3 is 4.74 Å². The van der Waals surface area contributed by atoms with E-state index in [9.17, 15) is 0 Å². The van der Waals surface area contributed by atoms with Gasteiger partial charge in [0.2, 0.25) is 0 Å². The lowest BCUT2D eigenvalue weighted by Gasteiger charge is -2.21. The van der Waals surface area contributed by atoms with Crippen molar-refractivity contribution in [3.63, 3.8) is 0 Å². The third-order valence-electron chi connectivity index (χ3n) is 3.27. The van der Waals surface area contributed by atoms with Crippen molar-refractivity contribution in [1.82, 2.24) is 0 Å². The maximum absolute atomic E-state index is 5.76. The van der Waals surface area contributed by atoms with Crippen LogP contribution in [0.2, 0.25) is 0 Å². The smallest absolute Gasteiger partial charge is 0.187 e. The fourth-order valence-corrected chi connectivity index (χ4v) is 2.18. The highest BCUT2D eigenvalue weighted by Gasteiger charge is 2.29. The van der Waals surface area contributed by atoms with Gasteiger partial charge >= 0.3 is 0 Å². The predicted molar refractivity (Wildman–Crippen MR) is 54.0 cm³/mol. The Morgan fingerprint density at radius 3 is 2.38 bits per heavy atom. The van der Waals surface area contributed by atoms with Gasteiger partial charge in [-0.15, -0.1) is 0 Å². The molecule has 0 aromatic heterocycles. The predicted octanol–water partition coefficient (Wildman–Crippen LogP) is 2.77. The first-order valence-corrected chi connectivity index (χ1v) is 5.51. The highest BCUT2D eigenvalue weighted by Crippen LogP contribution is 2.28. The normalized spacial score (nSPS) is 35.7. The summed E-state index contributed by atoms with van der Waals surface area (Å²) in [4.78, 5) is 4.59. The van der Waals surface area contributed by atoms with Crippen LogP contribution in [0, 0.1) is 5.92 Å². The molecule has 0 radical (unpaired) electrons. The third-order valence-corrected chi connectivity index (χ3v) is 3.27. The standard InChI is InChI=1S/C11H19NO/c1-8-9(2)13-11(12-8)10-6-4-3-5-7-10/h8-10H,3-7H2,1-2H3. The Morgan fingerprint density at radius 1 is 1.15 bits per heavy atom. The zero-order valence-corrected chi connectivity index (χ0v) is 8.62. The van der Waals surface area contributed by atoms with Gasteiger partial charge in [0.15, 0.2) is 5.90 Å². The average molecular weight is 181 g/mol. The summed E-state index contributed by atoms with van der Waals surface area (Å²) in [5.74, 6) is 1.70. The van der Waals surface area contributed by atoms with Crippen molar-refractivity contribution in [2.75, 3.05) is 0 Å². The van der Waals surface area contributed by atoms with Crippen LogP contribution in [0.5, 0.6) is 0 Å². The number of hydrogen-bond acceptors (Lipinski definition) is 2. The molecule has 1 aliphatic carbocycles. The molecule has 74 valence electrons. The maximum Gasteiger partial charge on any atom is 0.187 e. The molecule has 0 aromatic carbocycles. The van der Waals surface area contributed by atoms with Crippen molar-refractivity contribution in [2.45, 2.75) is 58.1 Å². The summed E-state index contributed by atoms with van der Waals surface area (Å²) >= 11 is 0. The van der Waals surface area contributed by atoms with Gasteiger partial charge in [0.05, 0.1) is 6.04 Å². The number of rotatable bonds is 1. The van der Waals surface area contributed by atoms with E-state index < -0.39 is 0 Å². The molecule has 1 fully saturated rings. The quantitative estimate of drug-likeness (QED) is 0.609. The molecule has 2 nitrogen and oxygen atoms in total. The number of aliphatic imine (C=N–C) groups is 1. The van der Waals surface area contributed by atoms with E-state index in [0.29, 0.717) is 18.1 Å². The van der Waals surface area contributed by atoms with E-state index in [4.69, 9.17) is 4.74 Å². The SMILES string of the molecule is CC1N=C(C2CCCCC2)OC1C. The van der Waals surface area contributed by atoms with Crippen LogP contribution in [0.15, 0.2) is 4.99 Å². The number of hydrogen-bond donors (Lipinski definition) is 0. The van der Waals surface area contributed by atoms with E-state index in [-0.39, 0.29) is 0 Å². The molecular weight excluding hydrogens is 162 g/mol. The lowest BCUT2D eigenvalue weighted by molar-refractivity contribution is 0.199. The molecule has 13 heavy (non-hydrogen) atoms. The molecule has 0 amide bonds. The third kappa shape index (κ3) is 1.87. The first kappa shape index (κ1) is 9.04. The van der Waals surface area contributed by atoms with Crippen molar-refractivity contribution in [2.24, 2.45) is 10.9 Å². The zero-order chi connectivity index (χ0) is 9.26. The number of ether oxygens (including phenoxy) is 1. The molecule has 1 heterocycles. The Bertz CT molecular complexity index is 206. The van der Waals surface area contributed by atoms with E-state index in [2.05, 4.69) is 18.8 Å². The van der Waals surface area contributed by atoms with Crippen molar-refractivity contribution < 1.29 is 4.74 Å². The van der Waals surface area contributed by atoms with Crippen LogP contribution in [-0.4, -0.2) is 18.0 Å². The molecule has 2 aliphatic rings. The summed E-state index contributed by atoms with van der Waals surface area (Å²) in [7, 11) is 0.